The Kier molecular flexibility index (Phi) is 6.46. The van der Waals surface area contributed by atoms with E-state index in [2.05, 4.69) is 206 Å². The van der Waals surface area contributed by atoms with Crippen molar-refractivity contribution in [2.24, 2.45) is 0 Å². The lowest BCUT2D eigenvalue weighted by molar-refractivity contribution is 0.795. The van der Waals surface area contributed by atoms with Gasteiger partial charge in [0.1, 0.15) is 0 Å². The molecule has 1 spiro atoms. The van der Waals surface area contributed by atoms with Crippen molar-refractivity contribution >= 4 is 74.6 Å². The Hall–Kier alpha value is -7.32. The highest BCUT2D eigenvalue weighted by atomic mass is 32.1. The van der Waals surface area contributed by atoms with Crippen LogP contribution in [-0.2, 0) is 5.41 Å². The summed E-state index contributed by atoms with van der Waals surface area (Å²) in [5.41, 5.74) is 15.5. The van der Waals surface area contributed by atoms with E-state index in [4.69, 9.17) is 0 Å². The lowest BCUT2D eigenvalue weighted by Crippen LogP contribution is -2.26. The zero-order chi connectivity index (χ0) is 39.1. The lowest BCUT2D eigenvalue weighted by atomic mass is 9.69. The molecule has 1 aromatic heterocycles. The average Bonchev–Trinajstić information content (AvgIpc) is 3.94. The van der Waals surface area contributed by atoms with Gasteiger partial charge in [0.05, 0.1) is 5.41 Å². The Morgan fingerprint density at radius 3 is 1.45 bits per heavy atom. The summed E-state index contributed by atoms with van der Waals surface area (Å²) < 4.78 is 2.66. The summed E-state index contributed by atoms with van der Waals surface area (Å²) in [7, 11) is 0. The van der Waals surface area contributed by atoms with Crippen LogP contribution in [0.1, 0.15) is 22.3 Å². The van der Waals surface area contributed by atoms with Crippen molar-refractivity contribution < 1.29 is 0 Å². The summed E-state index contributed by atoms with van der Waals surface area (Å²) in [6, 6.07) is 78.2. The van der Waals surface area contributed by atoms with E-state index in [0.717, 1.165) is 0 Å². The summed E-state index contributed by atoms with van der Waals surface area (Å²) in [5, 5.41) is 12.9. The molecule has 276 valence electrons. The van der Waals surface area contributed by atoms with Gasteiger partial charge in [0.2, 0.25) is 0 Å². The Morgan fingerprint density at radius 1 is 0.267 bits per heavy atom. The fourth-order valence-electron chi connectivity index (χ4n) is 11.6. The molecule has 0 atom stereocenters. The maximum absolute atomic E-state index is 2.61. The Labute approximate surface area is 351 Å². The van der Waals surface area contributed by atoms with E-state index in [1.807, 2.05) is 11.3 Å². The molecule has 60 heavy (non-hydrogen) atoms. The average molecular weight is 775 g/mol. The zero-order valence-electron chi connectivity index (χ0n) is 32.5. The number of rotatable bonds is 2. The van der Waals surface area contributed by atoms with E-state index in [9.17, 15) is 0 Å². The number of fused-ring (bicyclic) bond motifs is 19. The van der Waals surface area contributed by atoms with Crippen molar-refractivity contribution in [3.63, 3.8) is 0 Å². The normalized spacial score (nSPS) is 13.5. The molecule has 0 aliphatic heterocycles. The molecule has 14 rings (SSSR count). The van der Waals surface area contributed by atoms with Gasteiger partial charge in [-0.25, -0.2) is 0 Å². The fourth-order valence-corrected chi connectivity index (χ4v) is 12.7. The van der Waals surface area contributed by atoms with Crippen LogP contribution in [0, 0.1) is 0 Å². The van der Waals surface area contributed by atoms with Crippen LogP contribution in [0.4, 0.5) is 0 Å². The molecule has 0 saturated carbocycles. The maximum atomic E-state index is 2.61. The van der Waals surface area contributed by atoms with Crippen molar-refractivity contribution in [3.8, 4) is 44.5 Å². The van der Waals surface area contributed by atoms with Crippen LogP contribution < -0.4 is 0 Å². The number of hydrogen-bond acceptors (Lipinski definition) is 1. The van der Waals surface area contributed by atoms with E-state index in [-0.39, 0.29) is 0 Å². The third-order valence-corrected chi connectivity index (χ3v) is 15.0. The van der Waals surface area contributed by atoms with Gasteiger partial charge >= 0.3 is 0 Å². The Balaban J connectivity index is 1.15. The van der Waals surface area contributed by atoms with Crippen molar-refractivity contribution in [1.82, 2.24) is 0 Å². The number of thiophene rings is 1. The van der Waals surface area contributed by atoms with Crippen LogP contribution in [0.5, 0.6) is 0 Å². The summed E-state index contributed by atoms with van der Waals surface area (Å²) in [5.74, 6) is 0. The summed E-state index contributed by atoms with van der Waals surface area (Å²) in [6.07, 6.45) is 0. The van der Waals surface area contributed by atoms with Crippen LogP contribution in [0.15, 0.2) is 206 Å². The second kappa shape index (κ2) is 11.9. The molecule has 0 fully saturated rings. The molecule has 0 saturated heterocycles. The summed E-state index contributed by atoms with van der Waals surface area (Å²) in [6.45, 7) is 0. The van der Waals surface area contributed by atoms with Gasteiger partial charge in [0.25, 0.3) is 0 Å². The summed E-state index contributed by atoms with van der Waals surface area (Å²) in [4.78, 5) is 0. The largest absolute Gasteiger partial charge is 0.135 e. The van der Waals surface area contributed by atoms with Crippen LogP contribution in [0.25, 0.3) is 108 Å². The van der Waals surface area contributed by atoms with Crippen molar-refractivity contribution in [2.75, 3.05) is 0 Å². The van der Waals surface area contributed by atoms with Gasteiger partial charge in [-0.2, -0.15) is 0 Å². The first-order chi connectivity index (χ1) is 29.8. The highest BCUT2D eigenvalue weighted by Gasteiger charge is 2.52. The highest BCUT2D eigenvalue weighted by molar-refractivity contribution is 7.25. The van der Waals surface area contributed by atoms with Gasteiger partial charge in [-0.1, -0.05) is 182 Å². The van der Waals surface area contributed by atoms with E-state index in [1.54, 1.807) is 0 Å². The second-order valence-corrected chi connectivity index (χ2v) is 17.7. The standard InChI is InChI=1S/C59H34S/c1-2-16-37-35(15-1)29-31-51-57(37)58-42-21-4-3-17-38(42)48(34-52(58)59(51)49-26-12-9-18-39(49)40-19-10-13-27-50(40)59)56-45-24-7-5-22-43(45)55(44-23-6-8-25-46(44)56)36-30-32-54-47(33-36)41-20-11-14-28-53(41)60-54/h1-34H. The topological polar surface area (TPSA) is 0 Å². The fraction of sp³-hybridized carbons (Fsp3) is 0.0169. The molecule has 2 aliphatic rings. The number of hydrogen-bond donors (Lipinski definition) is 0. The van der Waals surface area contributed by atoms with E-state index >= 15 is 0 Å². The first-order valence-corrected chi connectivity index (χ1v) is 21.7. The molecule has 1 heterocycles. The molecule has 0 amide bonds. The first-order valence-electron chi connectivity index (χ1n) is 20.9. The zero-order valence-corrected chi connectivity index (χ0v) is 33.4. The Morgan fingerprint density at radius 2 is 0.767 bits per heavy atom. The predicted molar refractivity (Wildman–Crippen MR) is 257 cm³/mol. The SMILES string of the molecule is c1ccc2c(c1)-c1ccccc1C21c2ccc3ccccc3c2-c2c1cc(-c1c3ccccc3c(-c3ccc4sc5ccccc5c4c3)c3ccccc13)c1ccccc21. The summed E-state index contributed by atoms with van der Waals surface area (Å²) >= 11 is 1.88. The van der Waals surface area contributed by atoms with E-state index in [0.29, 0.717) is 0 Å². The minimum atomic E-state index is -0.481. The molecule has 0 radical (unpaired) electrons. The second-order valence-electron chi connectivity index (χ2n) is 16.6. The van der Waals surface area contributed by atoms with Crippen molar-refractivity contribution in [1.29, 1.82) is 0 Å². The van der Waals surface area contributed by atoms with Crippen LogP contribution >= 0.6 is 11.3 Å². The van der Waals surface area contributed by atoms with Gasteiger partial charge in [-0.3, -0.25) is 0 Å². The van der Waals surface area contributed by atoms with Gasteiger partial charge in [0, 0.05) is 20.2 Å². The van der Waals surface area contributed by atoms with Crippen molar-refractivity contribution in [2.45, 2.75) is 5.41 Å². The Bertz CT molecular complexity index is 3740. The van der Waals surface area contributed by atoms with Crippen LogP contribution in [-0.4, -0.2) is 0 Å². The van der Waals surface area contributed by atoms with Crippen molar-refractivity contribution in [3.05, 3.63) is 229 Å². The molecule has 0 bridgehead atoms. The minimum absolute atomic E-state index is 0.481. The minimum Gasteiger partial charge on any atom is -0.135 e. The lowest BCUT2D eigenvalue weighted by Gasteiger charge is -2.31. The van der Waals surface area contributed by atoms with Crippen LogP contribution in [0.2, 0.25) is 0 Å². The molecule has 12 aromatic rings. The molecule has 2 aliphatic carbocycles. The third kappa shape index (κ3) is 4.05. The molecule has 0 unspecified atom stereocenters. The molecule has 0 nitrogen and oxygen atoms in total. The molecule has 11 aromatic carbocycles. The van der Waals surface area contributed by atoms with Gasteiger partial charge < -0.3 is 0 Å². The molecular formula is C59H34S. The first kappa shape index (κ1) is 32.6. The maximum Gasteiger partial charge on any atom is 0.0726 e. The number of benzene rings is 11. The molecular weight excluding hydrogens is 741 g/mol. The van der Waals surface area contributed by atoms with E-state index in [1.165, 1.54) is 130 Å². The van der Waals surface area contributed by atoms with Crippen LogP contribution in [0.3, 0.4) is 0 Å². The van der Waals surface area contributed by atoms with Gasteiger partial charge in [-0.15, -0.1) is 11.3 Å². The van der Waals surface area contributed by atoms with E-state index < -0.39 is 5.41 Å². The highest BCUT2D eigenvalue weighted by Crippen LogP contribution is 2.65. The quantitative estimate of drug-likeness (QED) is 0.153. The van der Waals surface area contributed by atoms with Gasteiger partial charge in [0.15, 0.2) is 0 Å². The van der Waals surface area contributed by atoms with Gasteiger partial charge in [-0.05, 0) is 134 Å². The molecule has 0 N–H and O–H groups in total. The smallest absolute Gasteiger partial charge is 0.0726 e. The monoisotopic (exact) mass is 774 g/mol. The molecule has 1 heteroatoms. The third-order valence-electron chi connectivity index (χ3n) is 13.9. The predicted octanol–water partition coefficient (Wildman–Crippen LogP) is 16.3.